The number of nitrogens with one attached hydrogen (secondary N) is 1. The Labute approximate surface area is 194 Å². The summed E-state index contributed by atoms with van der Waals surface area (Å²) in [6, 6.07) is 7.52. The molecule has 1 amide bonds. The van der Waals surface area contributed by atoms with Crippen LogP contribution in [0.15, 0.2) is 30.3 Å². The molecule has 2 aromatic heterocycles. The van der Waals surface area contributed by atoms with Crippen LogP contribution in [0.25, 0.3) is 22.2 Å². The molecule has 0 unspecified atom stereocenters. The molecule has 2 aliphatic rings. The first-order valence-electron chi connectivity index (χ1n) is 11.4. The lowest BCUT2D eigenvalue weighted by Crippen LogP contribution is -2.42. The highest BCUT2D eigenvalue weighted by molar-refractivity contribution is 6.07. The van der Waals surface area contributed by atoms with Crippen molar-refractivity contribution in [2.45, 2.75) is 45.2 Å². The molecule has 2 aliphatic heterocycles. The van der Waals surface area contributed by atoms with Crippen molar-refractivity contribution in [2.24, 2.45) is 7.05 Å². The van der Waals surface area contributed by atoms with Crippen molar-refractivity contribution in [1.82, 2.24) is 19.7 Å². The minimum atomic E-state index is -1.49. The summed E-state index contributed by atoms with van der Waals surface area (Å²) in [6.07, 6.45) is 2.12. The molecule has 5 nitrogen and oxygen atoms in total. The number of hydrogen-bond donors (Lipinski definition) is 1. The first-order chi connectivity index (χ1) is 16.3. The zero-order valence-corrected chi connectivity index (χ0v) is 19.0. The van der Waals surface area contributed by atoms with Crippen molar-refractivity contribution in [2.75, 3.05) is 0 Å². The highest BCUT2D eigenvalue weighted by Crippen LogP contribution is 2.47. The van der Waals surface area contributed by atoms with Crippen LogP contribution < -0.4 is 0 Å². The summed E-state index contributed by atoms with van der Waals surface area (Å²) < 4.78 is 43.1. The smallest absolute Gasteiger partial charge is 0.256 e. The van der Waals surface area contributed by atoms with Gasteiger partial charge >= 0.3 is 0 Å². The largest absolute Gasteiger partial charge is 0.358 e. The number of aryl methyl sites for hydroxylation is 3. The molecule has 174 valence electrons. The number of rotatable bonds is 2. The topological polar surface area (TPSA) is 53.9 Å². The molecule has 8 heteroatoms. The quantitative estimate of drug-likeness (QED) is 0.398. The van der Waals surface area contributed by atoms with E-state index in [0.29, 0.717) is 17.7 Å². The number of amides is 1. The molecule has 1 saturated heterocycles. The number of aromatic amines is 1. The predicted molar refractivity (Wildman–Crippen MR) is 122 cm³/mol. The first kappa shape index (κ1) is 21.0. The molecule has 2 atom stereocenters. The van der Waals surface area contributed by atoms with Crippen LogP contribution in [0.3, 0.4) is 0 Å². The molecule has 0 aliphatic carbocycles. The Kier molecular flexibility index (Phi) is 4.46. The summed E-state index contributed by atoms with van der Waals surface area (Å²) >= 11 is 0. The van der Waals surface area contributed by atoms with E-state index in [0.717, 1.165) is 58.4 Å². The second-order valence-electron chi connectivity index (χ2n) is 9.36. The molecule has 34 heavy (non-hydrogen) atoms. The fraction of sp³-hybridized carbons (Fsp3) is 0.308. The number of aromatic nitrogens is 3. The molecule has 0 spiro atoms. The van der Waals surface area contributed by atoms with Gasteiger partial charge in [0.1, 0.15) is 0 Å². The minimum Gasteiger partial charge on any atom is -0.358 e. The third-order valence-electron chi connectivity index (χ3n) is 7.50. The van der Waals surface area contributed by atoms with Gasteiger partial charge in [-0.15, -0.1) is 0 Å². The molecule has 1 N–H and O–H groups in total. The van der Waals surface area contributed by atoms with Crippen molar-refractivity contribution >= 4 is 16.8 Å². The average Bonchev–Trinajstić information content (AvgIpc) is 3.42. The molecule has 2 bridgehead atoms. The number of carbonyl (C=O) groups excluding carboxylic acids is 1. The number of nitrogens with zero attached hydrogens (tertiary/aromatic N) is 3. The molecule has 6 rings (SSSR count). The maximum Gasteiger partial charge on any atom is 0.256 e. The molecule has 2 aromatic carbocycles. The van der Waals surface area contributed by atoms with Crippen LogP contribution in [0.1, 0.15) is 51.8 Å². The van der Waals surface area contributed by atoms with Gasteiger partial charge in [-0.05, 0) is 56.9 Å². The van der Waals surface area contributed by atoms with E-state index in [2.05, 4.69) is 10.1 Å². The Morgan fingerprint density at radius 2 is 1.85 bits per heavy atom. The monoisotopic (exact) mass is 464 g/mol. The zero-order valence-electron chi connectivity index (χ0n) is 19.0. The van der Waals surface area contributed by atoms with Gasteiger partial charge in [-0.25, -0.2) is 13.2 Å². The van der Waals surface area contributed by atoms with Crippen molar-refractivity contribution in [3.63, 3.8) is 0 Å². The van der Waals surface area contributed by atoms with Crippen LogP contribution in [0.2, 0.25) is 0 Å². The van der Waals surface area contributed by atoms with Crippen molar-refractivity contribution < 1.29 is 18.0 Å². The lowest BCUT2D eigenvalue weighted by Gasteiger charge is -2.34. The van der Waals surface area contributed by atoms with Gasteiger partial charge in [-0.3, -0.25) is 9.48 Å². The van der Waals surface area contributed by atoms with Gasteiger partial charge in [0.2, 0.25) is 0 Å². The summed E-state index contributed by atoms with van der Waals surface area (Å²) in [5.74, 6) is -3.99. The number of H-pyrrole nitrogens is 1. The van der Waals surface area contributed by atoms with Crippen LogP contribution in [-0.2, 0) is 13.5 Å². The highest BCUT2D eigenvalue weighted by Gasteiger charge is 2.46. The van der Waals surface area contributed by atoms with Crippen LogP contribution in [0.4, 0.5) is 13.2 Å². The van der Waals surface area contributed by atoms with E-state index in [1.807, 2.05) is 36.9 Å². The minimum absolute atomic E-state index is 0.0453. The third kappa shape index (κ3) is 2.80. The van der Waals surface area contributed by atoms with Crippen LogP contribution >= 0.6 is 0 Å². The van der Waals surface area contributed by atoms with Crippen LogP contribution in [0.5, 0.6) is 0 Å². The average molecular weight is 464 g/mol. The Morgan fingerprint density at radius 1 is 1.12 bits per heavy atom. The molecule has 4 aromatic rings. The number of benzene rings is 2. The Morgan fingerprint density at radius 3 is 2.59 bits per heavy atom. The number of para-hydroxylation sites is 1. The van der Waals surface area contributed by atoms with E-state index in [-0.39, 0.29) is 23.6 Å². The maximum absolute atomic E-state index is 14.0. The van der Waals surface area contributed by atoms with E-state index in [9.17, 15) is 18.0 Å². The first-order valence-corrected chi connectivity index (χ1v) is 11.4. The summed E-state index contributed by atoms with van der Waals surface area (Å²) in [6.45, 7) is 4.03. The second-order valence-corrected chi connectivity index (χ2v) is 9.36. The standard InChI is InChI=1S/C26H23F3N4O/c1-12-13(2)30-23-16(12)5-4-6-17(23)26(34)33-15-7-8-21(33)24-18(11-15)25(32(3)31-24)14-9-19(27)22(29)20(28)10-14/h4-6,9-10,15,21,30H,7-8,11H2,1-3H3/t15-,21+/m1/s1. The van der Waals surface area contributed by atoms with E-state index in [4.69, 9.17) is 0 Å². The van der Waals surface area contributed by atoms with Crippen molar-refractivity contribution in [3.8, 4) is 11.3 Å². The van der Waals surface area contributed by atoms with Gasteiger partial charge in [0.05, 0.1) is 28.5 Å². The predicted octanol–water partition coefficient (Wildman–Crippen LogP) is 5.50. The molecule has 4 heterocycles. The van der Waals surface area contributed by atoms with E-state index < -0.39 is 17.5 Å². The van der Waals surface area contributed by atoms with Gasteiger partial charge in [0, 0.05) is 35.3 Å². The summed E-state index contributed by atoms with van der Waals surface area (Å²) in [5, 5.41) is 5.71. The van der Waals surface area contributed by atoms with Crippen LogP contribution in [-0.4, -0.2) is 31.6 Å². The zero-order chi connectivity index (χ0) is 23.9. The van der Waals surface area contributed by atoms with Gasteiger partial charge < -0.3 is 9.88 Å². The van der Waals surface area contributed by atoms with E-state index in [1.54, 1.807) is 11.7 Å². The fourth-order valence-corrected chi connectivity index (χ4v) is 5.81. The van der Waals surface area contributed by atoms with Gasteiger partial charge in [-0.1, -0.05) is 12.1 Å². The van der Waals surface area contributed by atoms with E-state index >= 15 is 0 Å². The Hall–Kier alpha value is -3.55. The van der Waals surface area contributed by atoms with Crippen molar-refractivity contribution in [1.29, 1.82) is 0 Å². The molecular formula is C26H23F3N4O. The van der Waals surface area contributed by atoms with Crippen LogP contribution in [0, 0.1) is 31.3 Å². The Balaban J connectivity index is 1.44. The van der Waals surface area contributed by atoms with Gasteiger partial charge in [-0.2, -0.15) is 5.10 Å². The molecule has 0 saturated carbocycles. The second kappa shape index (κ2) is 7.22. The number of fused-ring (bicyclic) bond motifs is 5. The van der Waals surface area contributed by atoms with Crippen molar-refractivity contribution in [3.05, 3.63) is 75.9 Å². The number of halogens is 3. The summed E-state index contributed by atoms with van der Waals surface area (Å²) in [7, 11) is 1.71. The lowest BCUT2D eigenvalue weighted by atomic mass is 9.93. The van der Waals surface area contributed by atoms with Gasteiger partial charge in [0.25, 0.3) is 5.91 Å². The number of carbonyl (C=O) groups is 1. The summed E-state index contributed by atoms with van der Waals surface area (Å²) in [4.78, 5) is 19.1. The number of hydrogen-bond acceptors (Lipinski definition) is 2. The van der Waals surface area contributed by atoms with E-state index in [1.165, 1.54) is 0 Å². The summed E-state index contributed by atoms with van der Waals surface area (Å²) in [5.41, 5.74) is 6.06. The molecular weight excluding hydrogens is 441 g/mol. The Bertz CT molecular complexity index is 1480. The normalized spacial score (nSPS) is 19.2. The highest BCUT2D eigenvalue weighted by atomic mass is 19.2. The maximum atomic E-state index is 14.0. The van der Waals surface area contributed by atoms with Gasteiger partial charge in [0.15, 0.2) is 17.5 Å². The third-order valence-corrected chi connectivity index (χ3v) is 7.50. The SMILES string of the molecule is Cc1[nH]c2c(C(=O)N3[C@@H]4CC[C@H]3c3nn(C)c(-c5cc(F)c(F)c(F)c5)c3C4)cccc2c1C. The molecule has 0 radical (unpaired) electrons. The molecule has 1 fully saturated rings. The fourth-order valence-electron chi connectivity index (χ4n) is 5.81. The lowest BCUT2D eigenvalue weighted by molar-refractivity contribution is 0.0644.